The van der Waals surface area contributed by atoms with Gasteiger partial charge in [-0.1, -0.05) is 47.4 Å². The zero-order valence-corrected chi connectivity index (χ0v) is 24.1. The number of rotatable bonds is 7. The SMILES string of the molecule is CC(=O)Nc1ccc(NC(=O)CSc2nnc(N3C(N)=C(C#N)C(c4ccccc4C)C4=C3CCCC4=O)s2)cc1. The van der Waals surface area contributed by atoms with Crippen LogP contribution in [0.4, 0.5) is 16.5 Å². The van der Waals surface area contributed by atoms with E-state index in [0.717, 1.165) is 16.8 Å². The van der Waals surface area contributed by atoms with Crippen LogP contribution >= 0.6 is 23.1 Å². The van der Waals surface area contributed by atoms with Crippen molar-refractivity contribution in [2.45, 2.75) is 43.4 Å². The minimum Gasteiger partial charge on any atom is -0.384 e. The van der Waals surface area contributed by atoms with Crippen molar-refractivity contribution in [2.24, 2.45) is 5.73 Å². The maximum Gasteiger partial charge on any atom is 0.234 e. The molecule has 2 aliphatic rings. The molecule has 3 aromatic rings. The minimum absolute atomic E-state index is 0.00523. The first kappa shape index (κ1) is 28.1. The number of nitriles is 1. The third-order valence-electron chi connectivity index (χ3n) is 6.82. The number of nitrogens with one attached hydrogen (secondary N) is 2. The van der Waals surface area contributed by atoms with Gasteiger partial charge < -0.3 is 16.4 Å². The molecule has 1 aliphatic heterocycles. The lowest BCUT2D eigenvalue weighted by molar-refractivity contribution is -0.116. The summed E-state index contributed by atoms with van der Waals surface area (Å²) in [5.41, 5.74) is 11.4. The van der Waals surface area contributed by atoms with E-state index >= 15 is 0 Å². The van der Waals surface area contributed by atoms with Crippen molar-refractivity contribution < 1.29 is 14.4 Å². The van der Waals surface area contributed by atoms with Crippen LogP contribution in [-0.4, -0.2) is 33.5 Å². The molecule has 1 aromatic heterocycles. The van der Waals surface area contributed by atoms with E-state index in [9.17, 15) is 19.6 Å². The number of allylic oxidation sites excluding steroid dienone is 3. The molecule has 1 unspecified atom stereocenters. The fourth-order valence-corrected chi connectivity index (χ4v) is 6.72. The average molecular weight is 586 g/mol. The number of ketones is 1. The maximum atomic E-state index is 13.3. The fraction of sp³-hybridized carbons (Fsp3) is 0.241. The third kappa shape index (κ3) is 5.86. The molecule has 0 fully saturated rings. The molecule has 0 radical (unpaired) electrons. The lowest BCUT2D eigenvalue weighted by Crippen LogP contribution is -2.38. The van der Waals surface area contributed by atoms with Crippen LogP contribution in [0.5, 0.6) is 0 Å². The second-order valence-electron chi connectivity index (χ2n) is 9.62. The van der Waals surface area contributed by atoms with Crippen molar-refractivity contribution in [3.05, 3.63) is 82.3 Å². The van der Waals surface area contributed by atoms with Gasteiger partial charge in [-0.05, 0) is 55.2 Å². The van der Waals surface area contributed by atoms with Crippen molar-refractivity contribution >= 4 is 57.2 Å². The Balaban J connectivity index is 1.36. The molecule has 41 heavy (non-hydrogen) atoms. The number of Topliss-reactive ketones (excluding diaryl/α,β-unsaturated/α-hetero) is 1. The number of thioether (sulfide) groups is 1. The normalized spacial score (nSPS) is 16.8. The quantitative estimate of drug-likeness (QED) is 0.330. The van der Waals surface area contributed by atoms with Crippen LogP contribution in [0.1, 0.15) is 43.2 Å². The van der Waals surface area contributed by atoms with E-state index in [1.165, 1.54) is 30.0 Å². The summed E-state index contributed by atoms with van der Waals surface area (Å²) in [6, 6.07) is 16.8. The maximum absolute atomic E-state index is 13.3. The summed E-state index contributed by atoms with van der Waals surface area (Å²) in [7, 11) is 0. The summed E-state index contributed by atoms with van der Waals surface area (Å²) >= 11 is 2.47. The molecule has 0 bridgehead atoms. The summed E-state index contributed by atoms with van der Waals surface area (Å²) in [6.07, 6.45) is 1.71. The number of aromatic nitrogens is 2. The number of amides is 2. The van der Waals surface area contributed by atoms with E-state index in [2.05, 4.69) is 26.9 Å². The van der Waals surface area contributed by atoms with E-state index in [1.54, 1.807) is 29.2 Å². The topological polar surface area (TPSA) is 154 Å². The number of hydrogen-bond donors (Lipinski definition) is 3. The smallest absolute Gasteiger partial charge is 0.234 e. The number of hydrogen-bond acceptors (Lipinski definition) is 10. The molecular weight excluding hydrogens is 558 g/mol. The largest absolute Gasteiger partial charge is 0.384 e. The molecule has 208 valence electrons. The van der Waals surface area contributed by atoms with Crippen molar-refractivity contribution in [1.82, 2.24) is 10.2 Å². The summed E-state index contributed by atoms with van der Waals surface area (Å²) in [5, 5.41) is 24.7. The van der Waals surface area contributed by atoms with Crippen LogP contribution in [0, 0.1) is 18.3 Å². The second kappa shape index (κ2) is 12.0. The molecule has 0 saturated carbocycles. The molecule has 2 amide bonds. The van der Waals surface area contributed by atoms with Gasteiger partial charge in [-0.3, -0.25) is 19.3 Å². The lowest BCUT2D eigenvalue weighted by atomic mass is 9.75. The standard InChI is InChI=1S/C29H27N7O3S2/c1-16-6-3-4-7-20(16)25-21(14-30)27(31)36(22-8-5-9-23(38)26(22)25)28-34-35-29(41-28)40-15-24(39)33-19-12-10-18(11-13-19)32-17(2)37/h3-4,6-7,10-13,25H,5,8-9,15,31H2,1-2H3,(H,32,37)(H,33,39). The number of nitrogens with two attached hydrogens (primary N) is 1. The zero-order chi connectivity index (χ0) is 29.1. The van der Waals surface area contributed by atoms with Crippen molar-refractivity contribution in [1.29, 1.82) is 5.26 Å². The molecule has 10 nitrogen and oxygen atoms in total. The number of carbonyl (C=O) groups excluding carboxylic acids is 3. The molecule has 5 rings (SSSR count). The molecule has 4 N–H and O–H groups in total. The Morgan fingerprint density at radius 2 is 1.83 bits per heavy atom. The van der Waals surface area contributed by atoms with Crippen LogP contribution in [0.2, 0.25) is 0 Å². The van der Waals surface area contributed by atoms with Gasteiger partial charge in [-0.25, -0.2) is 0 Å². The van der Waals surface area contributed by atoms with Crippen molar-refractivity contribution in [3.8, 4) is 6.07 Å². The monoisotopic (exact) mass is 585 g/mol. The van der Waals surface area contributed by atoms with Gasteiger partial charge in [0.25, 0.3) is 0 Å². The Kier molecular flexibility index (Phi) is 8.19. The van der Waals surface area contributed by atoms with Crippen LogP contribution in [0.25, 0.3) is 0 Å². The van der Waals surface area contributed by atoms with Crippen LogP contribution < -0.4 is 21.3 Å². The van der Waals surface area contributed by atoms with Gasteiger partial charge in [0, 0.05) is 36.0 Å². The van der Waals surface area contributed by atoms with Gasteiger partial charge in [0.15, 0.2) is 10.1 Å². The summed E-state index contributed by atoms with van der Waals surface area (Å²) in [6.45, 7) is 3.39. The van der Waals surface area contributed by atoms with Crippen molar-refractivity contribution in [3.63, 3.8) is 0 Å². The number of benzene rings is 2. The van der Waals surface area contributed by atoms with Crippen LogP contribution in [0.15, 0.2) is 75.5 Å². The lowest BCUT2D eigenvalue weighted by Gasteiger charge is -2.38. The average Bonchev–Trinajstić information content (AvgIpc) is 3.41. The van der Waals surface area contributed by atoms with E-state index in [4.69, 9.17) is 5.73 Å². The molecule has 1 atom stereocenters. The van der Waals surface area contributed by atoms with Gasteiger partial charge in [-0.2, -0.15) is 5.26 Å². The molecular formula is C29H27N7O3S2. The Morgan fingerprint density at radius 1 is 1.12 bits per heavy atom. The van der Waals surface area contributed by atoms with E-state index in [1.807, 2.05) is 31.2 Å². The predicted octanol–water partition coefficient (Wildman–Crippen LogP) is 4.84. The zero-order valence-electron chi connectivity index (χ0n) is 22.4. The summed E-state index contributed by atoms with van der Waals surface area (Å²) in [5.74, 6) is -0.592. The van der Waals surface area contributed by atoms with Gasteiger partial charge in [0.1, 0.15) is 5.82 Å². The first-order chi connectivity index (χ1) is 19.8. The number of aryl methyl sites for hydroxylation is 1. The molecule has 2 heterocycles. The molecule has 1 aliphatic carbocycles. The number of nitrogens with zero attached hydrogens (tertiary/aromatic N) is 4. The van der Waals surface area contributed by atoms with Gasteiger partial charge in [0.05, 0.1) is 23.3 Å². The Morgan fingerprint density at radius 3 is 2.51 bits per heavy atom. The Bertz CT molecular complexity index is 1640. The highest BCUT2D eigenvalue weighted by Gasteiger charge is 2.41. The van der Waals surface area contributed by atoms with Crippen LogP contribution in [0.3, 0.4) is 0 Å². The Hall–Kier alpha value is -4.47. The minimum atomic E-state index is -0.530. The first-order valence-corrected chi connectivity index (χ1v) is 14.7. The van der Waals surface area contributed by atoms with Gasteiger partial charge in [0.2, 0.25) is 16.9 Å². The highest BCUT2D eigenvalue weighted by molar-refractivity contribution is 8.01. The first-order valence-electron chi connectivity index (χ1n) is 12.9. The van der Waals surface area contributed by atoms with Crippen LogP contribution in [-0.2, 0) is 14.4 Å². The highest BCUT2D eigenvalue weighted by atomic mass is 32.2. The molecule has 12 heteroatoms. The van der Waals surface area contributed by atoms with Gasteiger partial charge in [-0.15, -0.1) is 10.2 Å². The fourth-order valence-electron chi connectivity index (χ4n) is 5.04. The summed E-state index contributed by atoms with van der Waals surface area (Å²) < 4.78 is 0.549. The molecule has 0 saturated heterocycles. The van der Waals surface area contributed by atoms with E-state index in [-0.39, 0.29) is 29.2 Å². The molecule has 0 spiro atoms. The van der Waals surface area contributed by atoms with E-state index < -0.39 is 5.92 Å². The number of carbonyl (C=O) groups is 3. The van der Waals surface area contributed by atoms with E-state index in [0.29, 0.717) is 51.3 Å². The summed E-state index contributed by atoms with van der Waals surface area (Å²) in [4.78, 5) is 38.7. The van der Waals surface area contributed by atoms with Gasteiger partial charge >= 0.3 is 0 Å². The Labute approximate surface area is 245 Å². The highest BCUT2D eigenvalue weighted by Crippen LogP contribution is 2.47. The van der Waals surface area contributed by atoms with Crippen molar-refractivity contribution in [2.75, 3.05) is 21.3 Å². The number of anilines is 3. The predicted molar refractivity (Wildman–Crippen MR) is 159 cm³/mol. The second-order valence-corrected chi connectivity index (χ2v) is 11.8. The third-order valence-corrected chi connectivity index (χ3v) is 8.86. The molecule has 2 aromatic carbocycles.